The fraction of sp³-hybridized carbons (Fsp3) is 0.148. The largest absolute Gasteiger partial charge is 0.449 e. The molecule has 5 aromatic rings. The molecular weight excluding hydrogens is 430 g/mol. The van der Waals surface area contributed by atoms with E-state index in [4.69, 9.17) is 4.42 Å². The summed E-state index contributed by atoms with van der Waals surface area (Å²) in [6.07, 6.45) is 0. The summed E-state index contributed by atoms with van der Waals surface area (Å²) in [5, 5.41) is 3.49. The van der Waals surface area contributed by atoms with Crippen molar-refractivity contribution in [2.24, 2.45) is 0 Å². The van der Waals surface area contributed by atoms with Crippen LogP contribution in [0.1, 0.15) is 16.7 Å². The van der Waals surface area contributed by atoms with Crippen molar-refractivity contribution in [3.63, 3.8) is 0 Å². The van der Waals surface area contributed by atoms with Crippen LogP contribution in [0, 0.1) is 13.8 Å². The van der Waals surface area contributed by atoms with E-state index in [1.165, 1.54) is 4.57 Å². The first-order valence-electron chi connectivity index (χ1n) is 11.0. The Morgan fingerprint density at radius 3 is 2.41 bits per heavy atom. The Morgan fingerprint density at radius 1 is 0.912 bits per heavy atom. The van der Waals surface area contributed by atoms with Gasteiger partial charge in [-0.25, -0.2) is 4.79 Å². The number of rotatable bonds is 5. The van der Waals surface area contributed by atoms with Gasteiger partial charge >= 0.3 is 5.69 Å². The van der Waals surface area contributed by atoms with Crippen LogP contribution in [0.4, 0.5) is 5.69 Å². The number of para-hydroxylation sites is 1. The summed E-state index contributed by atoms with van der Waals surface area (Å²) >= 11 is 0. The number of nitrogens with one attached hydrogen (secondary N) is 1. The molecule has 0 radical (unpaired) electrons. The van der Waals surface area contributed by atoms with Crippen LogP contribution >= 0.6 is 0 Å². The molecule has 7 heteroatoms. The lowest BCUT2D eigenvalue weighted by molar-refractivity contribution is -0.116. The molecule has 170 valence electrons. The number of carbonyl (C=O) groups is 1. The van der Waals surface area contributed by atoms with E-state index in [0.717, 1.165) is 21.3 Å². The molecule has 2 aromatic heterocycles. The SMILES string of the molecule is Cc1ccc(NC(=O)Cn2c(=O)n(Cc3ccccc3)c(=O)c3oc4ccccc4c32)c(C)c1. The number of carbonyl (C=O) groups excluding carboxylic acids is 1. The molecule has 1 amide bonds. The van der Waals surface area contributed by atoms with Gasteiger partial charge < -0.3 is 9.73 Å². The van der Waals surface area contributed by atoms with E-state index in [-0.39, 0.29) is 24.6 Å². The summed E-state index contributed by atoms with van der Waals surface area (Å²) in [7, 11) is 0. The third-order valence-corrected chi connectivity index (χ3v) is 5.88. The molecule has 0 aliphatic heterocycles. The first-order chi connectivity index (χ1) is 16.4. The minimum absolute atomic E-state index is 0.0519. The van der Waals surface area contributed by atoms with Crippen molar-refractivity contribution in [2.75, 3.05) is 5.32 Å². The van der Waals surface area contributed by atoms with Gasteiger partial charge in [0.1, 0.15) is 17.6 Å². The number of nitrogens with zero attached hydrogens (tertiary/aromatic N) is 2. The third-order valence-electron chi connectivity index (χ3n) is 5.88. The Bertz CT molecular complexity index is 1660. The van der Waals surface area contributed by atoms with Crippen LogP contribution in [0.2, 0.25) is 0 Å². The van der Waals surface area contributed by atoms with Crippen molar-refractivity contribution >= 4 is 33.7 Å². The molecule has 0 fully saturated rings. The highest BCUT2D eigenvalue weighted by Gasteiger charge is 2.21. The molecule has 0 unspecified atom stereocenters. The second kappa shape index (κ2) is 8.51. The van der Waals surface area contributed by atoms with Gasteiger partial charge in [0.05, 0.1) is 6.54 Å². The van der Waals surface area contributed by atoms with E-state index in [2.05, 4.69) is 5.32 Å². The number of aromatic nitrogens is 2. The molecule has 3 aromatic carbocycles. The number of furan rings is 1. The average molecular weight is 453 g/mol. The molecule has 0 saturated carbocycles. The van der Waals surface area contributed by atoms with Gasteiger partial charge in [0.2, 0.25) is 11.5 Å². The summed E-state index contributed by atoms with van der Waals surface area (Å²) in [4.78, 5) is 39.9. The monoisotopic (exact) mass is 453 g/mol. The Labute approximate surface area is 194 Å². The summed E-state index contributed by atoms with van der Waals surface area (Å²) in [6.45, 7) is 3.71. The fourth-order valence-electron chi connectivity index (χ4n) is 4.23. The lowest BCUT2D eigenvalue weighted by atomic mass is 10.1. The van der Waals surface area contributed by atoms with Gasteiger partial charge in [-0.15, -0.1) is 0 Å². The predicted octanol–water partition coefficient (Wildman–Crippen LogP) is 4.21. The maximum absolute atomic E-state index is 13.6. The van der Waals surface area contributed by atoms with E-state index < -0.39 is 11.2 Å². The van der Waals surface area contributed by atoms with Gasteiger partial charge in [0.25, 0.3) is 5.56 Å². The van der Waals surface area contributed by atoms with E-state index in [0.29, 0.717) is 22.2 Å². The number of benzene rings is 3. The van der Waals surface area contributed by atoms with E-state index in [1.54, 1.807) is 24.3 Å². The van der Waals surface area contributed by atoms with E-state index >= 15 is 0 Å². The second-order valence-corrected chi connectivity index (χ2v) is 8.39. The zero-order chi connectivity index (χ0) is 23.8. The van der Waals surface area contributed by atoms with Crippen molar-refractivity contribution in [1.82, 2.24) is 9.13 Å². The number of anilines is 1. The second-order valence-electron chi connectivity index (χ2n) is 8.39. The van der Waals surface area contributed by atoms with Crippen molar-refractivity contribution in [3.05, 3.63) is 110 Å². The Hall–Kier alpha value is -4.39. The Morgan fingerprint density at radius 2 is 1.65 bits per heavy atom. The van der Waals surface area contributed by atoms with Crippen LogP contribution in [0.25, 0.3) is 22.1 Å². The van der Waals surface area contributed by atoms with E-state index in [9.17, 15) is 14.4 Å². The summed E-state index contributed by atoms with van der Waals surface area (Å²) in [5.41, 5.74) is 3.25. The molecule has 0 spiro atoms. The molecule has 0 saturated heterocycles. The number of hydrogen-bond acceptors (Lipinski definition) is 4. The summed E-state index contributed by atoms with van der Waals surface area (Å²) in [5.74, 6) is -0.370. The quantitative estimate of drug-likeness (QED) is 0.432. The van der Waals surface area contributed by atoms with Crippen molar-refractivity contribution in [2.45, 2.75) is 26.9 Å². The third kappa shape index (κ3) is 3.81. The molecule has 7 nitrogen and oxygen atoms in total. The zero-order valence-corrected chi connectivity index (χ0v) is 18.9. The van der Waals surface area contributed by atoms with Gasteiger partial charge in [0, 0.05) is 11.1 Å². The minimum atomic E-state index is -0.566. The highest BCUT2D eigenvalue weighted by molar-refractivity contribution is 6.03. The molecule has 0 bridgehead atoms. The minimum Gasteiger partial charge on any atom is -0.449 e. The topological polar surface area (TPSA) is 86.2 Å². The summed E-state index contributed by atoms with van der Waals surface area (Å²) < 4.78 is 8.30. The van der Waals surface area contributed by atoms with Gasteiger partial charge in [-0.2, -0.15) is 0 Å². The average Bonchev–Trinajstić information content (AvgIpc) is 3.22. The normalized spacial score (nSPS) is 11.2. The Balaban J connectivity index is 1.65. The van der Waals surface area contributed by atoms with E-state index in [1.807, 2.05) is 62.4 Å². The van der Waals surface area contributed by atoms with Gasteiger partial charge in [-0.05, 0) is 43.2 Å². The maximum atomic E-state index is 13.6. The lowest BCUT2D eigenvalue weighted by Crippen LogP contribution is -2.41. The molecule has 0 atom stereocenters. The van der Waals surface area contributed by atoms with Crippen LogP contribution in [-0.4, -0.2) is 15.0 Å². The first-order valence-corrected chi connectivity index (χ1v) is 11.0. The van der Waals surface area contributed by atoms with Crippen LogP contribution in [0.5, 0.6) is 0 Å². The number of fused-ring (bicyclic) bond motifs is 3. The predicted molar refractivity (Wildman–Crippen MR) is 132 cm³/mol. The van der Waals surface area contributed by atoms with Crippen LogP contribution < -0.4 is 16.6 Å². The molecule has 0 aliphatic rings. The molecule has 2 heterocycles. The van der Waals surface area contributed by atoms with Crippen LogP contribution in [-0.2, 0) is 17.9 Å². The fourth-order valence-corrected chi connectivity index (χ4v) is 4.23. The van der Waals surface area contributed by atoms with Gasteiger partial charge in [-0.1, -0.05) is 60.2 Å². The summed E-state index contributed by atoms with van der Waals surface area (Å²) in [6, 6.07) is 22.1. The smallest absolute Gasteiger partial charge is 0.332 e. The zero-order valence-electron chi connectivity index (χ0n) is 18.9. The van der Waals surface area contributed by atoms with Crippen LogP contribution in [0.3, 0.4) is 0 Å². The molecule has 34 heavy (non-hydrogen) atoms. The molecular formula is C27H23N3O4. The Kier molecular flexibility index (Phi) is 5.37. The highest BCUT2D eigenvalue weighted by Crippen LogP contribution is 2.25. The first kappa shape index (κ1) is 21.5. The van der Waals surface area contributed by atoms with Gasteiger partial charge in [0.15, 0.2) is 0 Å². The maximum Gasteiger partial charge on any atom is 0.332 e. The molecule has 0 aliphatic carbocycles. The number of amides is 1. The molecule has 1 N–H and O–H groups in total. The molecule has 5 rings (SSSR count). The number of aryl methyl sites for hydroxylation is 2. The van der Waals surface area contributed by atoms with Gasteiger partial charge in [-0.3, -0.25) is 18.7 Å². The number of hydrogen-bond donors (Lipinski definition) is 1. The highest BCUT2D eigenvalue weighted by atomic mass is 16.3. The van der Waals surface area contributed by atoms with Crippen molar-refractivity contribution in [1.29, 1.82) is 0 Å². The van der Waals surface area contributed by atoms with Crippen molar-refractivity contribution < 1.29 is 9.21 Å². The van der Waals surface area contributed by atoms with Crippen molar-refractivity contribution in [3.8, 4) is 0 Å². The lowest BCUT2D eigenvalue weighted by Gasteiger charge is -2.13. The standard InChI is InChI=1S/C27H23N3O4/c1-17-12-13-21(18(2)14-17)28-23(31)16-29-24-20-10-6-7-11-22(20)34-25(24)26(32)30(27(29)33)15-19-8-4-3-5-9-19/h3-14H,15-16H2,1-2H3,(H,28,31). The van der Waals surface area contributed by atoms with Crippen LogP contribution in [0.15, 0.2) is 86.8 Å².